The number of piperidine rings is 1. The fraction of sp³-hybridized carbons (Fsp3) is 0.684. The summed E-state index contributed by atoms with van der Waals surface area (Å²) in [6, 6.07) is 0. The van der Waals surface area contributed by atoms with Crippen LogP contribution in [0.5, 0.6) is 0 Å². The van der Waals surface area contributed by atoms with Crippen LogP contribution in [0.4, 0.5) is 4.79 Å². The first-order chi connectivity index (χ1) is 11.2. The lowest BCUT2D eigenvalue weighted by Crippen LogP contribution is -2.43. The minimum atomic E-state index is -0.491. The standard InChI is InChI=1S/C19H26N2O3/c1-6-10-20(11-7-2)16(22)15-14-19(15)8-12-21(13-9-19)17(23)24-18(3,4)5/h1-2,15H,8-14H2,3-5H3/t15-/m0/s1. The van der Waals surface area contributed by atoms with Crippen molar-refractivity contribution in [3.05, 3.63) is 0 Å². The van der Waals surface area contributed by atoms with Crippen molar-refractivity contribution >= 4 is 12.0 Å². The van der Waals surface area contributed by atoms with Crippen molar-refractivity contribution in [2.45, 2.75) is 45.6 Å². The molecule has 2 amide bonds. The average Bonchev–Trinajstić information content (AvgIpc) is 3.19. The fourth-order valence-electron chi connectivity index (χ4n) is 3.36. The van der Waals surface area contributed by atoms with Crippen LogP contribution in [0.3, 0.4) is 0 Å². The predicted octanol–water partition coefficient (Wildman–Crippen LogP) is 2.12. The van der Waals surface area contributed by atoms with Crippen LogP contribution in [0, 0.1) is 36.0 Å². The Morgan fingerprint density at radius 1 is 1.21 bits per heavy atom. The summed E-state index contributed by atoms with van der Waals surface area (Å²) in [6.45, 7) is 7.33. The quantitative estimate of drug-likeness (QED) is 0.745. The van der Waals surface area contributed by atoms with Gasteiger partial charge in [-0.05, 0) is 45.4 Å². The number of terminal acetylenes is 2. The van der Waals surface area contributed by atoms with Gasteiger partial charge < -0.3 is 14.5 Å². The maximum atomic E-state index is 12.6. The number of hydrogen-bond donors (Lipinski definition) is 0. The van der Waals surface area contributed by atoms with Gasteiger partial charge in [-0.1, -0.05) is 11.8 Å². The number of hydrogen-bond acceptors (Lipinski definition) is 3. The molecule has 1 atom stereocenters. The molecule has 0 bridgehead atoms. The predicted molar refractivity (Wildman–Crippen MR) is 91.8 cm³/mol. The monoisotopic (exact) mass is 330 g/mol. The Labute approximate surface area is 144 Å². The van der Waals surface area contributed by atoms with Crippen molar-refractivity contribution in [1.29, 1.82) is 0 Å². The van der Waals surface area contributed by atoms with Gasteiger partial charge in [-0.3, -0.25) is 4.79 Å². The number of rotatable bonds is 3. The molecule has 1 heterocycles. The normalized spacial score (nSPS) is 21.5. The molecule has 1 spiro atoms. The SMILES string of the molecule is C#CCN(CC#C)C(=O)[C@@H]1CC12CCN(C(=O)OC(C)(C)C)CC2. The van der Waals surface area contributed by atoms with E-state index in [0.29, 0.717) is 13.1 Å². The van der Waals surface area contributed by atoms with E-state index in [1.165, 1.54) is 0 Å². The Hall–Kier alpha value is -2.14. The summed E-state index contributed by atoms with van der Waals surface area (Å²) in [4.78, 5) is 28.0. The second kappa shape index (κ2) is 6.77. The van der Waals surface area contributed by atoms with Gasteiger partial charge in [0.05, 0.1) is 13.1 Å². The molecule has 130 valence electrons. The molecule has 0 radical (unpaired) electrons. The zero-order valence-electron chi connectivity index (χ0n) is 14.8. The molecule has 0 aromatic carbocycles. The lowest BCUT2D eigenvalue weighted by atomic mass is 9.90. The van der Waals surface area contributed by atoms with Gasteiger partial charge in [-0.15, -0.1) is 12.8 Å². The largest absolute Gasteiger partial charge is 0.444 e. The first-order valence-corrected chi connectivity index (χ1v) is 8.36. The molecule has 24 heavy (non-hydrogen) atoms. The van der Waals surface area contributed by atoms with Gasteiger partial charge in [0.2, 0.25) is 5.91 Å². The third kappa shape index (κ3) is 4.03. The van der Waals surface area contributed by atoms with Crippen LogP contribution in [0.2, 0.25) is 0 Å². The topological polar surface area (TPSA) is 49.9 Å². The highest BCUT2D eigenvalue weighted by molar-refractivity contribution is 5.83. The lowest BCUT2D eigenvalue weighted by molar-refractivity contribution is -0.132. The van der Waals surface area contributed by atoms with E-state index in [2.05, 4.69) is 11.8 Å². The van der Waals surface area contributed by atoms with Gasteiger partial charge in [0.25, 0.3) is 0 Å². The molecule has 0 aromatic heterocycles. The zero-order chi connectivity index (χ0) is 18.0. The number of likely N-dealkylation sites (tertiary alicyclic amines) is 1. The van der Waals surface area contributed by atoms with Crippen LogP contribution in [0.25, 0.3) is 0 Å². The van der Waals surface area contributed by atoms with Crippen molar-refractivity contribution in [3.8, 4) is 24.7 Å². The van der Waals surface area contributed by atoms with Gasteiger partial charge in [-0.2, -0.15) is 0 Å². The first-order valence-electron chi connectivity index (χ1n) is 8.36. The minimum absolute atomic E-state index is 0.0110. The number of carbonyl (C=O) groups excluding carboxylic acids is 2. The van der Waals surface area contributed by atoms with Crippen LogP contribution in [-0.2, 0) is 9.53 Å². The molecule has 0 aromatic rings. The molecule has 0 unspecified atom stereocenters. The third-order valence-corrected chi connectivity index (χ3v) is 4.77. The van der Waals surface area contributed by atoms with E-state index < -0.39 is 5.60 Å². The molecule has 1 saturated carbocycles. The van der Waals surface area contributed by atoms with Crippen LogP contribution in [0.15, 0.2) is 0 Å². The lowest BCUT2D eigenvalue weighted by Gasteiger charge is -2.34. The third-order valence-electron chi connectivity index (χ3n) is 4.77. The molecule has 2 rings (SSSR count). The van der Waals surface area contributed by atoms with Crippen LogP contribution in [0.1, 0.15) is 40.0 Å². The van der Waals surface area contributed by atoms with Gasteiger partial charge in [0.1, 0.15) is 5.60 Å². The van der Waals surface area contributed by atoms with Crippen molar-refractivity contribution < 1.29 is 14.3 Å². The number of ether oxygens (including phenoxy) is 1. The summed E-state index contributed by atoms with van der Waals surface area (Å²) in [5, 5.41) is 0. The molecule has 2 aliphatic rings. The van der Waals surface area contributed by atoms with E-state index in [1.807, 2.05) is 20.8 Å². The Kier molecular flexibility index (Phi) is 5.13. The van der Waals surface area contributed by atoms with Crippen molar-refractivity contribution in [3.63, 3.8) is 0 Å². The summed E-state index contributed by atoms with van der Waals surface area (Å²) >= 11 is 0. The van der Waals surface area contributed by atoms with Gasteiger partial charge in [0, 0.05) is 19.0 Å². The summed E-state index contributed by atoms with van der Waals surface area (Å²) in [5.41, 5.74) is -0.480. The maximum absolute atomic E-state index is 12.6. The Bertz CT molecular complexity index is 567. The van der Waals surface area contributed by atoms with E-state index >= 15 is 0 Å². The highest BCUT2D eigenvalue weighted by Crippen LogP contribution is 2.60. The Balaban J connectivity index is 1.89. The van der Waals surface area contributed by atoms with Crippen molar-refractivity contribution in [2.75, 3.05) is 26.2 Å². The van der Waals surface area contributed by atoms with E-state index in [4.69, 9.17) is 17.6 Å². The smallest absolute Gasteiger partial charge is 0.410 e. The second-order valence-corrected chi connectivity index (χ2v) is 7.69. The second-order valence-electron chi connectivity index (χ2n) is 7.69. The minimum Gasteiger partial charge on any atom is -0.444 e. The highest BCUT2D eigenvalue weighted by atomic mass is 16.6. The molecule has 5 heteroatoms. The maximum Gasteiger partial charge on any atom is 0.410 e. The number of nitrogens with zero attached hydrogens (tertiary/aromatic N) is 2. The van der Waals surface area contributed by atoms with E-state index in [1.54, 1.807) is 9.80 Å². The van der Waals surface area contributed by atoms with Gasteiger partial charge in [-0.25, -0.2) is 4.79 Å². The number of carbonyl (C=O) groups is 2. The van der Waals surface area contributed by atoms with Gasteiger partial charge >= 0.3 is 6.09 Å². The van der Waals surface area contributed by atoms with Crippen molar-refractivity contribution in [2.24, 2.45) is 11.3 Å². The molecular weight excluding hydrogens is 304 g/mol. The first kappa shape index (κ1) is 18.2. The molecule has 1 saturated heterocycles. The molecular formula is C19H26N2O3. The summed E-state index contributed by atoms with van der Waals surface area (Å²) in [5.74, 6) is 5.02. The van der Waals surface area contributed by atoms with Crippen molar-refractivity contribution in [1.82, 2.24) is 9.80 Å². The van der Waals surface area contributed by atoms with E-state index in [0.717, 1.165) is 19.3 Å². The van der Waals surface area contributed by atoms with E-state index in [9.17, 15) is 9.59 Å². The Morgan fingerprint density at radius 3 is 2.21 bits per heavy atom. The van der Waals surface area contributed by atoms with Gasteiger partial charge in [0.15, 0.2) is 0 Å². The molecule has 5 nitrogen and oxygen atoms in total. The average molecular weight is 330 g/mol. The van der Waals surface area contributed by atoms with E-state index in [-0.39, 0.29) is 36.4 Å². The molecule has 1 aliphatic heterocycles. The zero-order valence-corrected chi connectivity index (χ0v) is 14.8. The summed E-state index contributed by atoms with van der Waals surface area (Å²) < 4.78 is 5.41. The van der Waals surface area contributed by atoms with Crippen LogP contribution >= 0.6 is 0 Å². The Morgan fingerprint density at radius 2 is 1.75 bits per heavy atom. The summed E-state index contributed by atoms with van der Waals surface area (Å²) in [6.07, 6.45) is 12.9. The highest BCUT2D eigenvalue weighted by Gasteiger charge is 2.59. The summed E-state index contributed by atoms with van der Waals surface area (Å²) in [7, 11) is 0. The molecule has 1 aliphatic carbocycles. The fourth-order valence-corrected chi connectivity index (χ4v) is 3.36. The van der Waals surface area contributed by atoms with Crippen LogP contribution < -0.4 is 0 Å². The van der Waals surface area contributed by atoms with Crippen LogP contribution in [-0.4, -0.2) is 53.6 Å². The molecule has 2 fully saturated rings. The number of amides is 2. The molecule has 0 N–H and O–H groups in total.